The Labute approximate surface area is 122 Å². The molecule has 2 aromatic carbocycles. The predicted octanol–water partition coefficient (Wildman–Crippen LogP) is 4.92. The molecule has 0 fully saturated rings. The number of anilines is 2. The van der Waals surface area contributed by atoms with Crippen LogP contribution in [-0.4, -0.2) is 4.92 Å². The molecule has 0 atom stereocenters. The van der Waals surface area contributed by atoms with Crippen molar-refractivity contribution in [3.8, 4) is 0 Å². The molecule has 0 bridgehead atoms. The van der Waals surface area contributed by atoms with Crippen molar-refractivity contribution < 1.29 is 13.7 Å². The zero-order valence-electron chi connectivity index (χ0n) is 9.66. The van der Waals surface area contributed by atoms with Crippen LogP contribution in [0.5, 0.6) is 0 Å². The minimum absolute atomic E-state index is 0.0260. The van der Waals surface area contributed by atoms with Crippen molar-refractivity contribution >= 4 is 40.3 Å². The summed E-state index contributed by atoms with van der Waals surface area (Å²) >= 11 is 11.6. The Morgan fingerprint density at radius 3 is 2.10 bits per heavy atom. The van der Waals surface area contributed by atoms with Gasteiger partial charge in [0.05, 0.1) is 26.7 Å². The topological polar surface area (TPSA) is 55.2 Å². The second kappa shape index (κ2) is 5.60. The van der Waals surface area contributed by atoms with Crippen LogP contribution in [0.4, 0.5) is 25.8 Å². The highest BCUT2D eigenvalue weighted by atomic mass is 35.5. The first kappa shape index (κ1) is 14.5. The Morgan fingerprint density at radius 1 is 1.00 bits per heavy atom. The lowest BCUT2D eigenvalue weighted by molar-refractivity contribution is -0.385. The first-order chi connectivity index (χ1) is 9.36. The Hall–Kier alpha value is -1.92. The summed E-state index contributed by atoms with van der Waals surface area (Å²) in [5, 5.41) is 13.2. The van der Waals surface area contributed by atoms with Gasteiger partial charge in [0, 0.05) is 11.8 Å². The molecule has 0 heterocycles. The Balaban J connectivity index is 2.42. The summed E-state index contributed by atoms with van der Waals surface area (Å²) in [4.78, 5) is 9.91. The van der Waals surface area contributed by atoms with E-state index in [9.17, 15) is 18.9 Å². The average Bonchev–Trinajstić information content (AvgIpc) is 2.33. The maximum absolute atomic E-state index is 13.3. The van der Waals surface area contributed by atoms with Crippen LogP contribution in [0.3, 0.4) is 0 Å². The number of hydrogen-bond donors (Lipinski definition) is 1. The summed E-state index contributed by atoms with van der Waals surface area (Å²) in [6.07, 6.45) is 0. The summed E-state index contributed by atoms with van der Waals surface area (Å²) in [5.41, 5.74) is -0.219. The van der Waals surface area contributed by atoms with E-state index in [1.807, 2.05) is 0 Å². The van der Waals surface area contributed by atoms with Gasteiger partial charge in [-0.3, -0.25) is 10.1 Å². The maximum Gasteiger partial charge on any atom is 0.274 e. The molecule has 0 aromatic heterocycles. The van der Waals surface area contributed by atoms with Gasteiger partial charge in [-0.1, -0.05) is 23.2 Å². The molecule has 2 rings (SSSR count). The molecule has 0 unspecified atom stereocenters. The molecule has 0 aliphatic heterocycles. The third-order valence-electron chi connectivity index (χ3n) is 2.37. The normalized spacial score (nSPS) is 10.4. The number of halogens is 4. The highest BCUT2D eigenvalue weighted by Gasteiger charge is 2.13. The van der Waals surface area contributed by atoms with Gasteiger partial charge in [-0.25, -0.2) is 8.78 Å². The monoisotopic (exact) mass is 318 g/mol. The summed E-state index contributed by atoms with van der Waals surface area (Å²) in [6.45, 7) is 0. The second-order valence-corrected chi connectivity index (χ2v) is 4.64. The Kier molecular flexibility index (Phi) is 4.06. The molecule has 2 aromatic rings. The first-order valence-electron chi connectivity index (χ1n) is 5.23. The number of nitro groups is 1. The number of benzene rings is 2. The molecule has 0 saturated carbocycles. The fourth-order valence-corrected chi connectivity index (χ4v) is 2.11. The number of nitrogens with zero attached hydrogens (tertiary/aromatic N) is 1. The quantitative estimate of drug-likeness (QED) is 0.645. The van der Waals surface area contributed by atoms with Gasteiger partial charge in [0.15, 0.2) is 0 Å². The van der Waals surface area contributed by atoms with Crippen molar-refractivity contribution in [2.24, 2.45) is 0 Å². The smallest absolute Gasteiger partial charge is 0.274 e. The molecule has 0 aliphatic carbocycles. The minimum atomic E-state index is -0.795. The van der Waals surface area contributed by atoms with Gasteiger partial charge in [-0.2, -0.15) is 0 Å². The third kappa shape index (κ3) is 3.15. The van der Waals surface area contributed by atoms with Gasteiger partial charge in [0.2, 0.25) is 0 Å². The van der Waals surface area contributed by atoms with E-state index in [1.165, 1.54) is 0 Å². The number of nitrogens with one attached hydrogen (secondary N) is 1. The van der Waals surface area contributed by atoms with Crippen LogP contribution < -0.4 is 5.32 Å². The van der Waals surface area contributed by atoms with Gasteiger partial charge in [-0.15, -0.1) is 0 Å². The largest absolute Gasteiger partial charge is 0.353 e. The first-order valence-corrected chi connectivity index (χ1v) is 5.99. The molecule has 0 aliphatic rings. The highest BCUT2D eigenvalue weighted by Crippen LogP contribution is 2.34. The molecule has 1 N–H and O–H groups in total. The van der Waals surface area contributed by atoms with E-state index >= 15 is 0 Å². The SMILES string of the molecule is O=[N+]([O-])c1cc(F)cc(Nc2c(Cl)cc(F)cc2Cl)c1. The van der Waals surface area contributed by atoms with Crippen LogP contribution in [0.1, 0.15) is 0 Å². The molecular formula is C12H6Cl2F2N2O2. The van der Waals surface area contributed by atoms with Gasteiger partial charge < -0.3 is 5.32 Å². The Morgan fingerprint density at radius 2 is 1.55 bits per heavy atom. The van der Waals surface area contributed by atoms with E-state index in [-0.39, 0.29) is 21.4 Å². The van der Waals surface area contributed by atoms with Crippen LogP contribution in [0.15, 0.2) is 30.3 Å². The fourth-order valence-electron chi connectivity index (χ4n) is 1.56. The van der Waals surface area contributed by atoms with E-state index < -0.39 is 22.2 Å². The lowest BCUT2D eigenvalue weighted by atomic mass is 10.2. The van der Waals surface area contributed by atoms with Crippen LogP contribution >= 0.6 is 23.2 Å². The van der Waals surface area contributed by atoms with Gasteiger partial charge in [0.25, 0.3) is 5.69 Å². The van der Waals surface area contributed by atoms with Gasteiger partial charge >= 0.3 is 0 Å². The van der Waals surface area contributed by atoms with Crippen molar-refractivity contribution in [3.05, 3.63) is 62.1 Å². The summed E-state index contributed by atoms with van der Waals surface area (Å²) in [7, 11) is 0. The summed E-state index contributed by atoms with van der Waals surface area (Å²) < 4.78 is 26.3. The summed E-state index contributed by atoms with van der Waals surface area (Å²) in [5.74, 6) is -1.42. The molecule has 4 nitrogen and oxygen atoms in total. The van der Waals surface area contributed by atoms with Crippen LogP contribution in [-0.2, 0) is 0 Å². The predicted molar refractivity (Wildman–Crippen MR) is 72.8 cm³/mol. The van der Waals surface area contributed by atoms with Crippen molar-refractivity contribution in [3.63, 3.8) is 0 Å². The lowest BCUT2D eigenvalue weighted by Crippen LogP contribution is -1.96. The molecule has 8 heteroatoms. The summed E-state index contributed by atoms with van der Waals surface area (Å²) in [6, 6.07) is 4.95. The lowest BCUT2D eigenvalue weighted by Gasteiger charge is -2.10. The minimum Gasteiger partial charge on any atom is -0.353 e. The zero-order chi connectivity index (χ0) is 14.9. The van der Waals surface area contributed by atoms with E-state index in [2.05, 4.69) is 5.32 Å². The van der Waals surface area contributed by atoms with Crippen LogP contribution in [0.2, 0.25) is 10.0 Å². The van der Waals surface area contributed by atoms with E-state index in [0.29, 0.717) is 0 Å². The average molecular weight is 319 g/mol. The van der Waals surface area contributed by atoms with Crippen molar-refractivity contribution in [1.29, 1.82) is 0 Å². The van der Waals surface area contributed by atoms with Crippen LogP contribution in [0, 0.1) is 21.7 Å². The second-order valence-electron chi connectivity index (χ2n) is 3.82. The molecule has 0 spiro atoms. The van der Waals surface area contributed by atoms with Crippen molar-refractivity contribution in [2.45, 2.75) is 0 Å². The van der Waals surface area contributed by atoms with Crippen molar-refractivity contribution in [1.82, 2.24) is 0 Å². The van der Waals surface area contributed by atoms with Crippen LogP contribution in [0.25, 0.3) is 0 Å². The number of non-ortho nitro benzene ring substituents is 1. The van der Waals surface area contributed by atoms with E-state index in [0.717, 1.165) is 30.3 Å². The molecule has 0 radical (unpaired) electrons. The van der Waals surface area contributed by atoms with E-state index in [4.69, 9.17) is 23.2 Å². The van der Waals surface area contributed by atoms with E-state index in [1.54, 1.807) is 0 Å². The molecule has 104 valence electrons. The fraction of sp³-hybridized carbons (Fsp3) is 0. The standard InChI is InChI=1S/C12H6Cl2F2N2O2/c13-10-3-7(16)4-11(14)12(10)17-8-1-6(15)2-9(5-8)18(19)20/h1-5,17H. The molecule has 0 saturated heterocycles. The van der Waals surface area contributed by atoms with Gasteiger partial charge in [-0.05, 0) is 18.2 Å². The number of hydrogen-bond acceptors (Lipinski definition) is 3. The molecular weight excluding hydrogens is 313 g/mol. The Bertz CT molecular complexity index is 672. The van der Waals surface area contributed by atoms with Gasteiger partial charge in [0.1, 0.15) is 11.6 Å². The maximum atomic E-state index is 13.3. The third-order valence-corrected chi connectivity index (χ3v) is 2.97. The number of nitro benzene ring substituents is 1. The van der Waals surface area contributed by atoms with Crippen molar-refractivity contribution in [2.75, 3.05) is 5.32 Å². The molecule has 20 heavy (non-hydrogen) atoms. The zero-order valence-corrected chi connectivity index (χ0v) is 11.2. The molecule has 0 amide bonds. The number of rotatable bonds is 3. The highest BCUT2D eigenvalue weighted by molar-refractivity contribution is 6.39.